The molecule has 1 fully saturated rings. The standard InChI is InChI=1S/C20H24N2O5/c1-26-14-7-8-15-13(10-18(23)27-17(15)11-14)9-16(19(21)24)22-20(25)12-5-3-2-4-6-12/h7-8,10-12,16H,2-6,9H2,1H3,(H2,21,24)(H,22,25)/t16-/m0/s1. The third kappa shape index (κ3) is 4.48. The number of hydrogen-bond donors (Lipinski definition) is 2. The van der Waals surface area contributed by atoms with Gasteiger partial charge < -0.3 is 20.2 Å². The monoisotopic (exact) mass is 372 g/mol. The Kier molecular flexibility index (Phi) is 5.78. The Morgan fingerprint density at radius 3 is 2.67 bits per heavy atom. The summed E-state index contributed by atoms with van der Waals surface area (Å²) >= 11 is 0. The molecule has 1 aromatic carbocycles. The zero-order valence-electron chi connectivity index (χ0n) is 15.3. The van der Waals surface area contributed by atoms with E-state index in [1.807, 2.05) is 0 Å². The summed E-state index contributed by atoms with van der Waals surface area (Å²) in [6, 6.07) is 5.56. The topological polar surface area (TPSA) is 112 Å². The van der Waals surface area contributed by atoms with E-state index in [4.69, 9.17) is 14.9 Å². The number of benzene rings is 1. The second-order valence-electron chi connectivity index (χ2n) is 6.96. The minimum atomic E-state index is -0.883. The van der Waals surface area contributed by atoms with Crippen LogP contribution in [0.2, 0.25) is 0 Å². The largest absolute Gasteiger partial charge is 0.497 e. The lowest BCUT2D eigenvalue weighted by Crippen LogP contribution is -2.48. The van der Waals surface area contributed by atoms with Crippen LogP contribution in [0.25, 0.3) is 11.0 Å². The van der Waals surface area contributed by atoms with E-state index in [0.717, 1.165) is 32.1 Å². The lowest BCUT2D eigenvalue weighted by atomic mass is 9.88. The first kappa shape index (κ1) is 18.9. The van der Waals surface area contributed by atoms with Crippen molar-refractivity contribution in [2.75, 3.05) is 7.11 Å². The maximum absolute atomic E-state index is 12.5. The summed E-state index contributed by atoms with van der Waals surface area (Å²) in [5, 5.41) is 3.45. The van der Waals surface area contributed by atoms with E-state index in [9.17, 15) is 14.4 Å². The summed E-state index contributed by atoms with van der Waals surface area (Å²) in [4.78, 5) is 36.3. The van der Waals surface area contributed by atoms with Crippen LogP contribution in [-0.4, -0.2) is 25.0 Å². The van der Waals surface area contributed by atoms with E-state index < -0.39 is 17.6 Å². The fraction of sp³-hybridized carbons (Fsp3) is 0.450. The summed E-state index contributed by atoms with van der Waals surface area (Å²) < 4.78 is 10.4. The second-order valence-corrected chi connectivity index (χ2v) is 6.96. The molecule has 0 bridgehead atoms. The van der Waals surface area contributed by atoms with Crippen molar-refractivity contribution in [3.63, 3.8) is 0 Å². The first-order valence-corrected chi connectivity index (χ1v) is 9.18. The van der Waals surface area contributed by atoms with Gasteiger partial charge in [0.15, 0.2) is 0 Å². The van der Waals surface area contributed by atoms with Crippen LogP contribution in [-0.2, 0) is 16.0 Å². The fourth-order valence-electron chi connectivity index (χ4n) is 3.60. The number of ether oxygens (including phenoxy) is 1. The molecule has 2 amide bonds. The maximum Gasteiger partial charge on any atom is 0.336 e. The van der Waals surface area contributed by atoms with Crippen LogP contribution in [0, 0.1) is 5.92 Å². The minimum absolute atomic E-state index is 0.0811. The molecule has 0 aliphatic heterocycles. The van der Waals surface area contributed by atoms with Crippen molar-refractivity contribution in [1.29, 1.82) is 0 Å². The Bertz CT molecular complexity index is 899. The number of hydrogen-bond acceptors (Lipinski definition) is 5. The Hall–Kier alpha value is -2.83. The van der Waals surface area contributed by atoms with Crippen molar-refractivity contribution < 1.29 is 18.7 Å². The molecule has 1 aromatic heterocycles. The highest BCUT2D eigenvalue weighted by atomic mass is 16.5. The highest BCUT2D eigenvalue weighted by molar-refractivity contribution is 5.89. The van der Waals surface area contributed by atoms with E-state index >= 15 is 0 Å². The van der Waals surface area contributed by atoms with Gasteiger partial charge in [-0.15, -0.1) is 0 Å². The number of methoxy groups -OCH3 is 1. The molecule has 1 heterocycles. The van der Waals surface area contributed by atoms with Crippen molar-refractivity contribution in [3.05, 3.63) is 40.2 Å². The summed E-state index contributed by atoms with van der Waals surface area (Å²) in [6.07, 6.45) is 4.96. The Morgan fingerprint density at radius 2 is 2.00 bits per heavy atom. The van der Waals surface area contributed by atoms with Gasteiger partial charge in [0.1, 0.15) is 17.4 Å². The highest BCUT2D eigenvalue weighted by Gasteiger charge is 2.26. The minimum Gasteiger partial charge on any atom is -0.497 e. The SMILES string of the molecule is COc1ccc2c(C[C@H](NC(=O)C3CCCCC3)C(N)=O)cc(=O)oc2c1. The van der Waals surface area contributed by atoms with Gasteiger partial charge in [-0.05, 0) is 30.5 Å². The van der Waals surface area contributed by atoms with E-state index in [1.165, 1.54) is 13.2 Å². The molecule has 1 aliphatic carbocycles. The summed E-state index contributed by atoms with van der Waals surface area (Å²) in [5.74, 6) is -0.302. The second kappa shape index (κ2) is 8.24. The van der Waals surface area contributed by atoms with Crippen LogP contribution in [0.4, 0.5) is 0 Å². The molecule has 27 heavy (non-hydrogen) atoms. The molecule has 7 heteroatoms. The van der Waals surface area contributed by atoms with Gasteiger partial charge in [0, 0.05) is 29.9 Å². The first-order chi connectivity index (χ1) is 13.0. The molecule has 2 aromatic rings. The fourth-order valence-corrected chi connectivity index (χ4v) is 3.60. The predicted octanol–water partition coefficient (Wildman–Crippen LogP) is 1.89. The van der Waals surface area contributed by atoms with Crippen molar-refractivity contribution >= 4 is 22.8 Å². The van der Waals surface area contributed by atoms with Crippen molar-refractivity contribution in [2.45, 2.75) is 44.6 Å². The van der Waals surface area contributed by atoms with E-state index in [0.29, 0.717) is 22.3 Å². The summed E-state index contributed by atoms with van der Waals surface area (Å²) in [5.41, 5.74) is 5.93. The molecule has 0 saturated heterocycles. The molecule has 0 unspecified atom stereocenters. The lowest BCUT2D eigenvalue weighted by molar-refractivity contribution is -0.130. The van der Waals surface area contributed by atoms with Gasteiger partial charge in [0.2, 0.25) is 11.8 Å². The lowest BCUT2D eigenvalue weighted by Gasteiger charge is -2.23. The number of fused-ring (bicyclic) bond motifs is 1. The summed E-state index contributed by atoms with van der Waals surface area (Å²) in [7, 11) is 1.52. The normalized spacial score (nSPS) is 16.0. The van der Waals surface area contributed by atoms with Crippen LogP contribution in [0.1, 0.15) is 37.7 Å². The number of rotatable bonds is 6. The predicted molar refractivity (Wildman–Crippen MR) is 100 cm³/mol. The average Bonchev–Trinajstić information content (AvgIpc) is 2.67. The molecule has 1 saturated carbocycles. The van der Waals surface area contributed by atoms with Gasteiger partial charge >= 0.3 is 5.63 Å². The molecule has 1 aliphatic rings. The molecular weight excluding hydrogens is 348 g/mol. The number of nitrogens with one attached hydrogen (secondary N) is 1. The first-order valence-electron chi connectivity index (χ1n) is 9.18. The average molecular weight is 372 g/mol. The molecule has 1 atom stereocenters. The van der Waals surface area contributed by atoms with Crippen LogP contribution >= 0.6 is 0 Å². The Balaban J connectivity index is 1.85. The van der Waals surface area contributed by atoms with E-state index in [2.05, 4.69) is 5.32 Å². The quantitative estimate of drug-likeness (QED) is 0.752. The van der Waals surface area contributed by atoms with Gasteiger partial charge in [-0.1, -0.05) is 19.3 Å². The smallest absolute Gasteiger partial charge is 0.336 e. The van der Waals surface area contributed by atoms with Crippen molar-refractivity contribution in [3.8, 4) is 5.75 Å². The van der Waals surface area contributed by atoms with Crippen molar-refractivity contribution in [1.82, 2.24) is 5.32 Å². The van der Waals surface area contributed by atoms with Gasteiger partial charge in [0.25, 0.3) is 0 Å². The summed E-state index contributed by atoms with van der Waals surface area (Å²) in [6.45, 7) is 0. The van der Waals surface area contributed by atoms with Crippen LogP contribution in [0.3, 0.4) is 0 Å². The Morgan fingerprint density at radius 1 is 1.26 bits per heavy atom. The number of primary amides is 1. The number of nitrogens with two attached hydrogens (primary N) is 1. The Labute approximate surface area is 156 Å². The van der Waals surface area contributed by atoms with E-state index in [1.54, 1.807) is 18.2 Å². The highest BCUT2D eigenvalue weighted by Crippen LogP contribution is 2.25. The van der Waals surface area contributed by atoms with Crippen LogP contribution in [0.15, 0.2) is 33.5 Å². The number of amides is 2. The van der Waals surface area contributed by atoms with Gasteiger partial charge in [-0.25, -0.2) is 4.79 Å². The van der Waals surface area contributed by atoms with Crippen molar-refractivity contribution in [2.24, 2.45) is 11.7 Å². The third-order valence-electron chi connectivity index (χ3n) is 5.10. The van der Waals surface area contributed by atoms with Crippen LogP contribution in [0.5, 0.6) is 5.75 Å². The molecular formula is C20H24N2O5. The zero-order chi connectivity index (χ0) is 19.4. The number of carbonyl (C=O) groups is 2. The van der Waals surface area contributed by atoms with Crippen LogP contribution < -0.4 is 21.4 Å². The maximum atomic E-state index is 12.5. The number of carbonyl (C=O) groups excluding carboxylic acids is 2. The molecule has 3 N–H and O–H groups in total. The third-order valence-corrected chi connectivity index (χ3v) is 5.10. The molecule has 3 rings (SSSR count). The molecule has 144 valence electrons. The van der Waals surface area contributed by atoms with Gasteiger partial charge in [-0.2, -0.15) is 0 Å². The molecule has 0 radical (unpaired) electrons. The molecule has 0 spiro atoms. The van der Waals surface area contributed by atoms with E-state index in [-0.39, 0.29) is 18.2 Å². The van der Waals surface area contributed by atoms with Gasteiger partial charge in [-0.3, -0.25) is 9.59 Å². The zero-order valence-corrected chi connectivity index (χ0v) is 15.3. The molecule has 7 nitrogen and oxygen atoms in total. The van der Waals surface area contributed by atoms with Gasteiger partial charge in [0.05, 0.1) is 7.11 Å².